The summed E-state index contributed by atoms with van der Waals surface area (Å²) in [5, 5.41) is 7.67. The summed E-state index contributed by atoms with van der Waals surface area (Å²) < 4.78 is 0. The van der Waals surface area contributed by atoms with Gasteiger partial charge in [0.15, 0.2) is 0 Å². The Hall–Kier alpha value is -2.04. The molecule has 1 aliphatic rings. The van der Waals surface area contributed by atoms with Crippen molar-refractivity contribution in [3.05, 3.63) is 29.8 Å². The summed E-state index contributed by atoms with van der Waals surface area (Å²) in [4.78, 5) is 2.46. The maximum atomic E-state index is 5.27. The molecule has 1 aromatic rings. The Bertz CT molecular complexity index is 477. The Morgan fingerprint density at radius 1 is 0.950 bits per heavy atom. The molecule has 0 atom stereocenters. The van der Waals surface area contributed by atoms with Gasteiger partial charge in [0.25, 0.3) is 0 Å². The Balaban J connectivity index is 2.09. The van der Waals surface area contributed by atoms with Crippen molar-refractivity contribution < 1.29 is 0 Å². The van der Waals surface area contributed by atoms with E-state index in [9.17, 15) is 0 Å². The fourth-order valence-electron chi connectivity index (χ4n) is 2.43. The van der Waals surface area contributed by atoms with Gasteiger partial charge in [-0.2, -0.15) is 5.10 Å². The van der Waals surface area contributed by atoms with Crippen molar-refractivity contribution in [1.82, 2.24) is 0 Å². The predicted octanol–water partition coefficient (Wildman–Crippen LogP) is 2.06. The van der Waals surface area contributed by atoms with Crippen LogP contribution in [0, 0.1) is 0 Å². The summed E-state index contributed by atoms with van der Waals surface area (Å²) in [7, 11) is 0. The molecule has 1 fully saturated rings. The second-order valence-corrected chi connectivity index (χ2v) is 5.16. The first-order valence-electron chi connectivity index (χ1n) is 7.15. The number of guanidine groups is 1. The summed E-state index contributed by atoms with van der Waals surface area (Å²) in [6.07, 6.45) is 5.26. The van der Waals surface area contributed by atoms with Crippen LogP contribution < -0.4 is 16.4 Å². The van der Waals surface area contributed by atoms with Gasteiger partial charge in [-0.3, -0.25) is 0 Å². The molecule has 0 radical (unpaired) electrons. The molecule has 1 heterocycles. The molecule has 20 heavy (non-hydrogen) atoms. The third-order valence-electron chi connectivity index (χ3n) is 3.57. The zero-order valence-electron chi connectivity index (χ0n) is 12.0. The maximum Gasteiger partial charge on any atom is 0.211 e. The third-order valence-corrected chi connectivity index (χ3v) is 3.57. The number of benzene rings is 1. The Morgan fingerprint density at radius 3 is 2.10 bits per heavy atom. The fourth-order valence-corrected chi connectivity index (χ4v) is 2.43. The van der Waals surface area contributed by atoms with Crippen molar-refractivity contribution in [2.75, 3.05) is 18.0 Å². The molecule has 0 amide bonds. The lowest BCUT2D eigenvalue weighted by Crippen LogP contribution is -2.23. The van der Waals surface area contributed by atoms with Gasteiger partial charge in [0.1, 0.15) is 0 Å². The van der Waals surface area contributed by atoms with Crippen LogP contribution in [0.2, 0.25) is 0 Å². The van der Waals surface area contributed by atoms with Crippen LogP contribution in [0.15, 0.2) is 34.5 Å². The highest BCUT2D eigenvalue weighted by Crippen LogP contribution is 2.20. The van der Waals surface area contributed by atoms with Gasteiger partial charge in [-0.25, -0.2) is 0 Å². The second-order valence-electron chi connectivity index (χ2n) is 5.16. The van der Waals surface area contributed by atoms with E-state index in [4.69, 9.17) is 11.5 Å². The van der Waals surface area contributed by atoms with Gasteiger partial charge in [-0.15, -0.1) is 5.10 Å². The van der Waals surface area contributed by atoms with Crippen molar-refractivity contribution in [2.24, 2.45) is 21.7 Å². The topological polar surface area (TPSA) is 80.0 Å². The summed E-state index contributed by atoms with van der Waals surface area (Å²) in [5.74, 6) is -0.0227. The van der Waals surface area contributed by atoms with Crippen LogP contribution in [0.5, 0.6) is 0 Å². The van der Waals surface area contributed by atoms with E-state index in [2.05, 4.69) is 39.4 Å². The van der Waals surface area contributed by atoms with Gasteiger partial charge in [-0.05, 0) is 37.5 Å². The van der Waals surface area contributed by atoms with E-state index >= 15 is 0 Å². The van der Waals surface area contributed by atoms with E-state index in [1.54, 1.807) is 0 Å². The minimum Gasteiger partial charge on any atom is -0.372 e. The highest BCUT2D eigenvalue weighted by atomic mass is 15.3. The number of nitrogens with zero attached hydrogens (tertiary/aromatic N) is 3. The third kappa shape index (κ3) is 3.98. The number of hydrogen-bond donors (Lipinski definition) is 2. The molecule has 2 rings (SSSR count). The molecule has 0 aliphatic carbocycles. The average molecular weight is 273 g/mol. The lowest BCUT2D eigenvalue weighted by atomic mass is 10.1. The molecule has 1 saturated heterocycles. The second kappa shape index (κ2) is 6.93. The Labute approximate surface area is 120 Å². The van der Waals surface area contributed by atoms with Crippen LogP contribution in [0.1, 0.15) is 38.2 Å². The van der Waals surface area contributed by atoms with Crippen molar-refractivity contribution in [3.63, 3.8) is 0 Å². The van der Waals surface area contributed by atoms with Crippen molar-refractivity contribution in [1.29, 1.82) is 0 Å². The van der Waals surface area contributed by atoms with E-state index in [-0.39, 0.29) is 5.96 Å². The largest absolute Gasteiger partial charge is 0.372 e. The van der Waals surface area contributed by atoms with Gasteiger partial charge < -0.3 is 16.4 Å². The van der Waals surface area contributed by atoms with Gasteiger partial charge in [0.2, 0.25) is 5.96 Å². The fraction of sp³-hybridized carbons (Fsp3) is 0.467. The smallest absolute Gasteiger partial charge is 0.211 e. The molecule has 1 aliphatic heterocycles. The quantitative estimate of drug-likeness (QED) is 0.502. The van der Waals surface area contributed by atoms with Crippen molar-refractivity contribution in [2.45, 2.75) is 32.6 Å². The van der Waals surface area contributed by atoms with Gasteiger partial charge in [-0.1, -0.05) is 25.0 Å². The van der Waals surface area contributed by atoms with E-state index in [0.717, 1.165) is 24.4 Å². The first-order valence-corrected chi connectivity index (χ1v) is 7.15. The average Bonchev–Trinajstić information content (AvgIpc) is 2.74. The highest BCUT2D eigenvalue weighted by Gasteiger charge is 2.09. The molecule has 0 unspecified atom stereocenters. The number of nitrogens with two attached hydrogens (primary N) is 2. The predicted molar refractivity (Wildman–Crippen MR) is 85.1 cm³/mol. The molecule has 0 bridgehead atoms. The number of hydrogen-bond acceptors (Lipinski definition) is 3. The summed E-state index contributed by atoms with van der Waals surface area (Å²) in [6.45, 7) is 4.20. The van der Waals surface area contributed by atoms with E-state index in [1.165, 1.54) is 31.4 Å². The zero-order valence-corrected chi connectivity index (χ0v) is 12.0. The maximum absolute atomic E-state index is 5.27. The molecule has 1 aromatic carbocycles. The first kappa shape index (κ1) is 14.4. The van der Waals surface area contributed by atoms with Gasteiger partial charge in [0, 0.05) is 18.8 Å². The zero-order chi connectivity index (χ0) is 14.4. The Morgan fingerprint density at radius 2 is 1.55 bits per heavy atom. The molecule has 0 aromatic heterocycles. The van der Waals surface area contributed by atoms with Crippen LogP contribution >= 0.6 is 0 Å². The van der Waals surface area contributed by atoms with Crippen LogP contribution in [-0.2, 0) is 0 Å². The molecule has 4 N–H and O–H groups in total. The molecule has 5 nitrogen and oxygen atoms in total. The lowest BCUT2D eigenvalue weighted by Gasteiger charge is -2.22. The molecule has 108 valence electrons. The lowest BCUT2D eigenvalue weighted by molar-refractivity contribution is 0.726. The molecule has 0 spiro atoms. The molecular formula is C15H23N5. The van der Waals surface area contributed by atoms with Gasteiger partial charge in [0.05, 0.1) is 5.71 Å². The number of rotatable bonds is 3. The molecule has 0 saturated carbocycles. The van der Waals surface area contributed by atoms with Crippen LogP contribution in [0.4, 0.5) is 5.69 Å². The minimum absolute atomic E-state index is 0.0227. The standard InChI is InChI=1S/C15H23N5/c1-12(18-19-15(16)17)13-6-8-14(9-7-13)20-10-4-2-3-5-11-20/h6-9H,2-5,10-11H2,1H3,(H4,16,17,19). The summed E-state index contributed by atoms with van der Waals surface area (Å²) >= 11 is 0. The Kier molecular flexibility index (Phi) is 4.98. The molecule has 5 heteroatoms. The molecular weight excluding hydrogens is 250 g/mol. The highest BCUT2D eigenvalue weighted by molar-refractivity contribution is 5.99. The van der Waals surface area contributed by atoms with Crippen LogP contribution in [0.3, 0.4) is 0 Å². The van der Waals surface area contributed by atoms with E-state index < -0.39 is 0 Å². The van der Waals surface area contributed by atoms with Gasteiger partial charge >= 0.3 is 0 Å². The normalized spacial score (nSPS) is 16.6. The van der Waals surface area contributed by atoms with Crippen molar-refractivity contribution in [3.8, 4) is 0 Å². The number of anilines is 1. The first-order chi connectivity index (χ1) is 9.66. The van der Waals surface area contributed by atoms with Crippen molar-refractivity contribution >= 4 is 17.4 Å². The minimum atomic E-state index is -0.0227. The van der Waals surface area contributed by atoms with Crippen LogP contribution in [-0.4, -0.2) is 24.8 Å². The van der Waals surface area contributed by atoms with Crippen LogP contribution in [0.25, 0.3) is 0 Å². The monoisotopic (exact) mass is 273 g/mol. The summed E-state index contributed by atoms with van der Waals surface area (Å²) in [5.41, 5.74) is 13.7. The van der Waals surface area contributed by atoms with E-state index in [1.807, 2.05) is 6.92 Å². The van der Waals surface area contributed by atoms with E-state index in [0.29, 0.717) is 0 Å². The summed E-state index contributed by atoms with van der Waals surface area (Å²) in [6, 6.07) is 8.44. The SMILES string of the molecule is CC(=NN=C(N)N)c1ccc(N2CCCCCC2)cc1.